The summed E-state index contributed by atoms with van der Waals surface area (Å²) in [5.41, 5.74) is 0.828. The second-order valence-corrected chi connectivity index (χ2v) is 7.88. The van der Waals surface area contributed by atoms with Crippen molar-refractivity contribution in [2.75, 3.05) is 33.8 Å². The van der Waals surface area contributed by atoms with Gasteiger partial charge in [-0.15, -0.1) is 0 Å². The molecular formula is C24H25FN2O4. The van der Waals surface area contributed by atoms with Crippen molar-refractivity contribution in [3.8, 4) is 5.75 Å². The van der Waals surface area contributed by atoms with Gasteiger partial charge in [0.05, 0.1) is 23.6 Å². The predicted octanol–water partition coefficient (Wildman–Crippen LogP) is 3.83. The van der Waals surface area contributed by atoms with Crippen molar-refractivity contribution in [3.63, 3.8) is 0 Å². The summed E-state index contributed by atoms with van der Waals surface area (Å²) in [6.07, 6.45) is 0.733. The monoisotopic (exact) mass is 424 g/mol. The van der Waals surface area contributed by atoms with Crippen LogP contribution < -0.4 is 10.2 Å². The lowest BCUT2D eigenvalue weighted by Crippen LogP contribution is -2.32. The van der Waals surface area contributed by atoms with Crippen molar-refractivity contribution in [2.24, 2.45) is 0 Å². The van der Waals surface area contributed by atoms with Crippen LogP contribution in [0.15, 0.2) is 51.7 Å². The Labute approximate surface area is 179 Å². The van der Waals surface area contributed by atoms with E-state index in [-0.39, 0.29) is 33.6 Å². The van der Waals surface area contributed by atoms with Crippen molar-refractivity contribution in [2.45, 2.75) is 19.4 Å². The van der Waals surface area contributed by atoms with Gasteiger partial charge >= 0.3 is 0 Å². The molecule has 0 bridgehead atoms. The Morgan fingerprint density at radius 3 is 2.71 bits per heavy atom. The Balaban J connectivity index is 1.87. The number of benzene rings is 2. The van der Waals surface area contributed by atoms with Gasteiger partial charge in [0.2, 0.25) is 5.76 Å². The van der Waals surface area contributed by atoms with Gasteiger partial charge in [0.25, 0.3) is 5.91 Å². The summed E-state index contributed by atoms with van der Waals surface area (Å²) in [7, 11) is 3.94. The minimum atomic E-state index is -0.617. The van der Waals surface area contributed by atoms with Gasteiger partial charge < -0.3 is 19.0 Å². The molecule has 1 aliphatic rings. The first-order valence-corrected chi connectivity index (χ1v) is 10.4. The molecule has 1 amide bonds. The zero-order valence-electron chi connectivity index (χ0n) is 17.9. The molecule has 0 N–H and O–H groups in total. The number of carbonyl (C=O) groups excluding carboxylic acids is 1. The lowest BCUT2D eigenvalue weighted by molar-refractivity contribution is 0.0722. The van der Waals surface area contributed by atoms with E-state index in [4.69, 9.17) is 9.15 Å². The first-order chi connectivity index (χ1) is 14.9. The molecule has 0 aliphatic carbocycles. The van der Waals surface area contributed by atoms with Crippen molar-refractivity contribution in [1.29, 1.82) is 0 Å². The smallest absolute Gasteiger partial charge is 0.290 e. The summed E-state index contributed by atoms with van der Waals surface area (Å²) < 4.78 is 25.3. The molecule has 0 spiro atoms. The molecule has 0 radical (unpaired) electrons. The first-order valence-electron chi connectivity index (χ1n) is 10.4. The van der Waals surface area contributed by atoms with Gasteiger partial charge in [0, 0.05) is 6.54 Å². The number of hydrogen-bond acceptors (Lipinski definition) is 5. The Hall–Kier alpha value is -3.19. The first kappa shape index (κ1) is 21.1. The standard InChI is InChI=1S/C24H25FN2O4/c1-4-30-17-8-5-7-15(13-17)21-20-22(28)18-14-16(25)9-10-19(18)31-23(20)24(29)27(21)12-6-11-26(2)3/h5,7-10,13-14,21H,4,6,11-12H2,1-3H3. The van der Waals surface area contributed by atoms with E-state index in [2.05, 4.69) is 0 Å². The highest BCUT2D eigenvalue weighted by Gasteiger charge is 2.42. The minimum absolute atomic E-state index is 0.0285. The van der Waals surface area contributed by atoms with Gasteiger partial charge in [-0.3, -0.25) is 9.59 Å². The zero-order valence-corrected chi connectivity index (χ0v) is 17.9. The number of fused-ring (bicyclic) bond motifs is 2. The van der Waals surface area contributed by atoms with Crippen molar-refractivity contribution < 1.29 is 18.3 Å². The van der Waals surface area contributed by atoms with Crippen LogP contribution in [-0.4, -0.2) is 49.5 Å². The predicted molar refractivity (Wildman–Crippen MR) is 116 cm³/mol. The van der Waals surface area contributed by atoms with Crippen LogP contribution >= 0.6 is 0 Å². The van der Waals surface area contributed by atoms with Gasteiger partial charge in [-0.05, 0) is 69.9 Å². The van der Waals surface area contributed by atoms with E-state index in [1.807, 2.05) is 50.2 Å². The molecule has 1 unspecified atom stereocenters. The molecule has 1 aliphatic heterocycles. The summed E-state index contributed by atoms with van der Waals surface area (Å²) in [5.74, 6) is -0.170. The molecule has 1 atom stereocenters. The van der Waals surface area contributed by atoms with Crippen LogP contribution in [0.5, 0.6) is 5.75 Å². The van der Waals surface area contributed by atoms with E-state index in [0.717, 1.165) is 24.6 Å². The molecule has 2 aromatic carbocycles. The highest BCUT2D eigenvalue weighted by atomic mass is 19.1. The van der Waals surface area contributed by atoms with Crippen LogP contribution in [0.2, 0.25) is 0 Å². The molecule has 1 aromatic heterocycles. The molecule has 3 aromatic rings. The van der Waals surface area contributed by atoms with E-state index in [1.165, 1.54) is 12.1 Å². The number of amides is 1. The maximum absolute atomic E-state index is 13.8. The second kappa shape index (κ2) is 8.51. The Morgan fingerprint density at radius 1 is 1.16 bits per heavy atom. The Morgan fingerprint density at radius 2 is 1.97 bits per heavy atom. The topological polar surface area (TPSA) is 63.0 Å². The van der Waals surface area contributed by atoms with Crippen molar-refractivity contribution in [1.82, 2.24) is 9.80 Å². The minimum Gasteiger partial charge on any atom is -0.494 e. The van der Waals surface area contributed by atoms with Crippen LogP contribution in [0.3, 0.4) is 0 Å². The molecule has 0 saturated carbocycles. The third-order valence-corrected chi connectivity index (χ3v) is 5.42. The lowest BCUT2D eigenvalue weighted by Gasteiger charge is -2.26. The Kier molecular flexibility index (Phi) is 5.78. The van der Waals surface area contributed by atoms with Crippen LogP contribution in [0.4, 0.5) is 4.39 Å². The average molecular weight is 424 g/mol. The number of hydrogen-bond donors (Lipinski definition) is 0. The highest BCUT2D eigenvalue weighted by Crippen LogP contribution is 2.39. The Bertz CT molecular complexity index is 1190. The summed E-state index contributed by atoms with van der Waals surface area (Å²) in [6.45, 7) is 3.64. The molecule has 7 heteroatoms. The summed E-state index contributed by atoms with van der Waals surface area (Å²) in [6, 6.07) is 10.5. The number of ether oxygens (including phenoxy) is 1. The molecule has 0 saturated heterocycles. The van der Waals surface area contributed by atoms with E-state index in [0.29, 0.717) is 18.9 Å². The van der Waals surface area contributed by atoms with E-state index >= 15 is 0 Å². The molecule has 0 fully saturated rings. The number of carbonyl (C=O) groups is 1. The van der Waals surface area contributed by atoms with Crippen molar-refractivity contribution in [3.05, 3.63) is 75.4 Å². The van der Waals surface area contributed by atoms with Gasteiger partial charge in [-0.25, -0.2) is 4.39 Å². The van der Waals surface area contributed by atoms with E-state index in [1.54, 1.807) is 4.90 Å². The normalized spacial score (nSPS) is 15.7. The lowest BCUT2D eigenvalue weighted by atomic mass is 9.98. The fourth-order valence-corrected chi connectivity index (χ4v) is 4.07. The van der Waals surface area contributed by atoms with Crippen molar-refractivity contribution >= 4 is 16.9 Å². The molecule has 2 heterocycles. The summed E-state index contributed by atoms with van der Waals surface area (Å²) in [5, 5.41) is 0.132. The number of nitrogens with zero attached hydrogens (tertiary/aromatic N) is 2. The largest absolute Gasteiger partial charge is 0.494 e. The molecule has 31 heavy (non-hydrogen) atoms. The van der Waals surface area contributed by atoms with Gasteiger partial charge in [0.15, 0.2) is 5.43 Å². The third kappa shape index (κ3) is 3.93. The molecule has 4 rings (SSSR count). The number of halogens is 1. The molecular weight excluding hydrogens is 399 g/mol. The highest BCUT2D eigenvalue weighted by molar-refractivity contribution is 5.99. The fraction of sp³-hybridized carbons (Fsp3) is 0.333. The zero-order chi connectivity index (χ0) is 22.1. The second-order valence-electron chi connectivity index (χ2n) is 7.88. The maximum atomic E-state index is 13.8. The van der Waals surface area contributed by atoms with Crippen LogP contribution in [-0.2, 0) is 0 Å². The third-order valence-electron chi connectivity index (χ3n) is 5.42. The summed E-state index contributed by atoms with van der Waals surface area (Å²) >= 11 is 0. The van der Waals surface area contributed by atoms with Gasteiger partial charge in [-0.1, -0.05) is 12.1 Å². The summed E-state index contributed by atoms with van der Waals surface area (Å²) in [4.78, 5) is 30.4. The van der Waals surface area contributed by atoms with Gasteiger partial charge in [-0.2, -0.15) is 0 Å². The fourth-order valence-electron chi connectivity index (χ4n) is 4.07. The van der Waals surface area contributed by atoms with Gasteiger partial charge in [0.1, 0.15) is 17.1 Å². The number of rotatable bonds is 7. The average Bonchev–Trinajstić information content (AvgIpc) is 3.01. The van der Waals surface area contributed by atoms with E-state index in [9.17, 15) is 14.0 Å². The molecule has 6 nitrogen and oxygen atoms in total. The maximum Gasteiger partial charge on any atom is 0.290 e. The van der Waals surface area contributed by atoms with Crippen LogP contribution in [0.1, 0.15) is 41.1 Å². The quantitative estimate of drug-likeness (QED) is 0.577. The van der Waals surface area contributed by atoms with E-state index < -0.39 is 11.9 Å². The molecule has 162 valence electrons. The SMILES string of the molecule is CCOc1cccc(C2c3c(oc4ccc(F)cc4c3=O)C(=O)N2CCCN(C)C)c1. The van der Waals surface area contributed by atoms with Crippen LogP contribution in [0, 0.1) is 5.82 Å². The van der Waals surface area contributed by atoms with Crippen LogP contribution in [0.25, 0.3) is 11.0 Å².